The van der Waals surface area contributed by atoms with Crippen molar-refractivity contribution in [2.45, 2.75) is 19.4 Å². The van der Waals surface area contributed by atoms with E-state index in [-0.39, 0.29) is 5.69 Å². The standard InChI is InChI=1S/C16H15NO3S/c1-12(2)9-10-16(18,15-4-3-11-21-15)13-5-7-14(8-6-13)17(19)20/h3-8,10-11,18H,1-2H3. The van der Waals surface area contributed by atoms with Gasteiger partial charge in [0.25, 0.3) is 5.69 Å². The number of hydrogen-bond donors (Lipinski definition) is 1. The maximum Gasteiger partial charge on any atom is 0.269 e. The third kappa shape index (κ3) is 3.28. The number of nitrogens with zero attached hydrogens (tertiary/aromatic N) is 1. The van der Waals surface area contributed by atoms with Crippen LogP contribution >= 0.6 is 11.3 Å². The van der Waals surface area contributed by atoms with Crippen LogP contribution in [0.1, 0.15) is 24.3 Å². The number of hydrogen-bond acceptors (Lipinski definition) is 4. The lowest BCUT2D eigenvalue weighted by Crippen LogP contribution is -2.23. The van der Waals surface area contributed by atoms with E-state index in [2.05, 4.69) is 5.73 Å². The van der Waals surface area contributed by atoms with Gasteiger partial charge in [-0.05, 0) is 54.6 Å². The summed E-state index contributed by atoms with van der Waals surface area (Å²) in [7, 11) is 0. The van der Waals surface area contributed by atoms with E-state index in [4.69, 9.17) is 0 Å². The summed E-state index contributed by atoms with van der Waals surface area (Å²) in [6.45, 7) is 3.78. The first-order chi connectivity index (χ1) is 9.93. The van der Waals surface area contributed by atoms with E-state index in [1.165, 1.54) is 23.5 Å². The Morgan fingerprint density at radius 2 is 2.00 bits per heavy atom. The molecule has 0 saturated heterocycles. The molecule has 1 atom stereocenters. The first-order valence-corrected chi connectivity index (χ1v) is 7.24. The fourth-order valence-corrected chi connectivity index (χ4v) is 2.70. The monoisotopic (exact) mass is 301 g/mol. The highest BCUT2D eigenvalue weighted by Crippen LogP contribution is 2.34. The Hall–Kier alpha value is -2.20. The maximum absolute atomic E-state index is 11.0. The molecule has 2 rings (SSSR count). The van der Waals surface area contributed by atoms with Crippen LogP contribution in [0, 0.1) is 10.1 Å². The molecule has 108 valence electrons. The van der Waals surface area contributed by atoms with Crippen LogP contribution in [0.4, 0.5) is 5.69 Å². The molecule has 1 aromatic heterocycles. The topological polar surface area (TPSA) is 63.4 Å². The van der Waals surface area contributed by atoms with Crippen molar-refractivity contribution in [1.82, 2.24) is 0 Å². The van der Waals surface area contributed by atoms with Crippen LogP contribution in [-0.4, -0.2) is 10.0 Å². The maximum atomic E-state index is 11.0. The lowest BCUT2D eigenvalue weighted by Gasteiger charge is -2.23. The number of thiophene rings is 1. The summed E-state index contributed by atoms with van der Waals surface area (Å²) < 4.78 is 0. The molecule has 5 heteroatoms. The highest BCUT2D eigenvalue weighted by Gasteiger charge is 2.30. The van der Waals surface area contributed by atoms with Crippen LogP contribution in [0.15, 0.2) is 59.2 Å². The summed E-state index contributed by atoms with van der Waals surface area (Å²) in [5.74, 6) is 0. The van der Waals surface area contributed by atoms with Crippen LogP contribution in [-0.2, 0) is 5.60 Å². The highest BCUT2D eigenvalue weighted by atomic mass is 32.1. The minimum atomic E-state index is -1.33. The predicted molar refractivity (Wildman–Crippen MR) is 83.4 cm³/mol. The van der Waals surface area contributed by atoms with Crippen LogP contribution < -0.4 is 0 Å². The van der Waals surface area contributed by atoms with Gasteiger partial charge in [0.15, 0.2) is 0 Å². The summed E-state index contributed by atoms with van der Waals surface area (Å²) in [5.41, 5.74) is 3.20. The third-order valence-electron chi connectivity index (χ3n) is 2.98. The molecule has 1 N–H and O–H groups in total. The predicted octanol–water partition coefficient (Wildman–Crippen LogP) is 4.01. The minimum absolute atomic E-state index is 0.00141. The molecule has 0 aliphatic rings. The Morgan fingerprint density at radius 3 is 2.48 bits per heavy atom. The number of nitro benzene ring substituents is 1. The fraction of sp³-hybridized carbons (Fsp3) is 0.188. The molecule has 2 aromatic rings. The molecule has 0 spiro atoms. The number of non-ortho nitro benzene ring substituents is 1. The molecule has 4 nitrogen and oxygen atoms in total. The minimum Gasteiger partial charge on any atom is -0.375 e. The Bertz CT molecular complexity index is 694. The van der Waals surface area contributed by atoms with Gasteiger partial charge in [-0.2, -0.15) is 0 Å². The molecule has 1 unspecified atom stereocenters. The number of aliphatic hydroxyl groups is 1. The fourth-order valence-electron chi connectivity index (χ4n) is 1.88. The number of rotatable bonds is 4. The average Bonchev–Trinajstić information content (AvgIpc) is 2.99. The van der Waals surface area contributed by atoms with Crippen LogP contribution in [0.25, 0.3) is 0 Å². The molecule has 21 heavy (non-hydrogen) atoms. The van der Waals surface area contributed by atoms with Gasteiger partial charge in [0.1, 0.15) is 5.60 Å². The second kappa shape index (κ2) is 6.06. The first kappa shape index (κ1) is 15.2. The van der Waals surface area contributed by atoms with Crippen molar-refractivity contribution in [3.8, 4) is 0 Å². The number of nitro groups is 1. The van der Waals surface area contributed by atoms with Gasteiger partial charge >= 0.3 is 0 Å². The van der Waals surface area contributed by atoms with E-state index in [0.29, 0.717) is 5.56 Å². The van der Waals surface area contributed by atoms with Gasteiger partial charge in [0.2, 0.25) is 0 Å². The zero-order chi connectivity index (χ0) is 15.5. The zero-order valence-corrected chi connectivity index (χ0v) is 12.6. The summed E-state index contributed by atoms with van der Waals surface area (Å²) >= 11 is 1.42. The van der Waals surface area contributed by atoms with Crippen molar-refractivity contribution in [1.29, 1.82) is 0 Å². The molecular formula is C16H15NO3S. The molecule has 0 fully saturated rings. The SMILES string of the molecule is CC(C)=C=CC(O)(c1ccc([N+](=O)[O-])cc1)c1cccs1. The van der Waals surface area contributed by atoms with E-state index >= 15 is 0 Å². The van der Waals surface area contributed by atoms with Gasteiger partial charge in [-0.1, -0.05) is 6.07 Å². The summed E-state index contributed by atoms with van der Waals surface area (Å²) in [5, 5.41) is 23.6. The van der Waals surface area contributed by atoms with E-state index in [0.717, 1.165) is 10.5 Å². The molecule has 0 aliphatic carbocycles. The summed E-state index contributed by atoms with van der Waals surface area (Å²) in [4.78, 5) is 11.0. The van der Waals surface area contributed by atoms with Gasteiger partial charge in [0, 0.05) is 17.0 Å². The van der Waals surface area contributed by atoms with Gasteiger partial charge in [-0.15, -0.1) is 17.1 Å². The van der Waals surface area contributed by atoms with E-state index in [9.17, 15) is 15.2 Å². The second-order valence-electron chi connectivity index (χ2n) is 4.84. The third-order valence-corrected chi connectivity index (χ3v) is 3.98. The Kier molecular flexibility index (Phi) is 4.38. The van der Waals surface area contributed by atoms with Crippen molar-refractivity contribution >= 4 is 17.0 Å². The van der Waals surface area contributed by atoms with Crippen LogP contribution in [0.2, 0.25) is 0 Å². The van der Waals surface area contributed by atoms with Crippen LogP contribution in [0.5, 0.6) is 0 Å². The van der Waals surface area contributed by atoms with Crippen molar-refractivity contribution in [3.05, 3.63) is 79.7 Å². The summed E-state index contributed by atoms with van der Waals surface area (Å²) in [6, 6.07) is 9.61. The largest absolute Gasteiger partial charge is 0.375 e. The molecule has 0 aliphatic heterocycles. The van der Waals surface area contributed by atoms with E-state index in [1.807, 2.05) is 31.4 Å². The first-order valence-electron chi connectivity index (χ1n) is 6.36. The molecule has 0 radical (unpaired) electrons. The van der Waals surface area contributed by atoms with Gasteiger partial charge < -0.3 is 5.11 Å². The van der Waals surface area contributed by atoms with E-state index < -0.39 is 10.5 Å². The van der Waals surface area contributed by atoms with Crippen molar-refractivity contribution in [2.24, 2.45) is 0 Å². The highest BCUT2D eigenvalue weighted by molar-refractivity contribution is 7.10. The molecule has 1 aromatic carbocycles. The number of benzene rings is 1. The normalized spacial score (nSPS) is 13.1. The zero-order valence-electron chi connectivity index (χ0n) is 11.7. The second-order valence-corrected chi connectivity index (χ2v) is 5.78. The molecule has 0 amide bonds. The molecular weight excluding hydrogens is 286 g/mol. The van der Waals surface area contributed by atoms with Gasteiger partial charge in [-0.3, -0.25) is 10.1 Å². The van der Waals surface area contributed by atoms with Crippen molar-refractivity contribution in [3.63, 3.8) is 0 Å². The Balaban J connectivity index is 2.55. The van der Waals surface area contributed by atoms with Gasteiger partial charge in [0.05, 0.1) is 4.92 Å². The van der Waals surface area contributed by atoms with Crippen molar-refractivity contribution in [2.75, 3.05) is 0 Å². The lowest BCUT2D eigenvalue weighted by molar-refractivity contribution is -0.384. The Morgan fingerprint density at radius 1 is 1.33 bits per heavy atom. The smallest absolute Gasteiger partial charge is 0.269 e. The van der Waals surface area contributed by atoms with Gasteiger partial charge in [-0.25, -0.2) is 0 Å². The van der Waals surface area contributed by atoms with Crippen molar-refractivity contribution < 1.29 is 10.0 Å². The molecule has 1 heterocycles. The average molecular weight is 301 g/mol. The van der Waals surface area contributed by atoms with Crippen LogP contribution in [0.3, 0.4) is 0 Å². The summed E-state index contributed by atoms with van der Waals surface area (Å²) in [6.07, 6.45) is 1.59. The molecule has 0 saturated carbocycles. The Labute approximate surface area is 126 Å². The molecule has 0 bridgehead atoms. The lowest BCUT2D eigenvalue weighted by atomic mass is 9.91. The van der Waals surface area contributed by atoms with E-state index in [1.54, 1.807) is 18.2 Å². The quantitative estimate of drug-likeness (QED) is 0.527.